The first-order valence-corrected chi connectivity index (χ1v) is 11.0. The molecule has 2 aromatic rings. The fourth-order valence-electron chi connectivity index (χ4n) is 3.52. The molecule has 0 amide bonds. The number of benzene rings is 1. The van der Waals surface area contributed by atoms with Crippen LogP contribution in [0.4, 0.5) is 5.69 Å². The Morgan fingerprint density at radius 2 is 1.73 bits per heavy atom. The third-order valence-electron chi connectivity index (χ3n) is 4.98. The van der Waals surface area contributed by atoms with Crippen molar-refractivity contribution in [3.8, 4) is 0 Å². The number of hydrogen-bond acceptors (Lipinski definition) is 3. The van der Waals surface area contributed by atoms with E-state index in [2.05, 4.69) is 9.82 Å². The molecule has 1 aliphatic rings. The molecule has 0 spiro atoms. The van der Waals surface area contributed by atoms with E-state index in [1.807, 2.05) is 18.5 Å². The minimum atomic E-state index is -3.84. The van der Waals surface area contributed by atoms with E-state index in [9.17, 15) is 8.42 Å². The number of nitrogens with one attached hydrogen (secondary N) is 1. The molecule has 1 fully saturated rings. The summed E-state index contributed by atoms with van der Waals surface area (Å²) >= 11 is 12.2. The molecular formula is C18H23Cl2N3O2S. The minimum absolute atomic E-state index is 0.0188. The third-order valence-corrected chi connectivity index (χ3v) is 7.21. The average Bonchev–Trinajstić information content (AvgIpc) is 2.86. The summed E-state index contributed by atoms with van der Waals surface area (Å²) in [5.41, 5.74) is 2.68. The number of aromatic nitrogens is 2. The predicted octanol–water partition coefficient (Wildman–Crippen LogP) is 5.42. The lowest BCUT2D eigenvalue weighted by Gasteiger charge is -2.23. The first-order valence-electron chi connectivity index (χ1n) is 8.75. The molecule has 1 aliphatic carbocycles. The molecule has 5 nitrogen and oxygen atoms in total. The Kier molecular flexibility index (Phi) is 5.56. The van der Waals surface area contributed by atoms with Crippen LogP contribution in [0.3, 0.4) is 0 Å². The Hall–Kier alpha value is -1.24. The number of rotatable bonds is 4. The largest absolute Gasteiger partial charge is 0.276 e. The SMILES string of the molecule is Cc1cc(S(=O)(=O)Nc2c(C)nn(C3CCCCC3)c2C)c(Cl)cc1Cl. The van der Waals surface area contributed by atoms with Crippen LogP contribution in [-0.2, 0) is 10.0 Å². The predicted molar refractivity (Wildman–Crippen MR) is 106 cm³/mol. The van der Waals surface area contributed by atoms with Crippen molar-refractivity contribution in [1.82, 2.24) is 9.78 Å². The maximum Gasteiger partial charge on any atom is 0.263 e. The molecule has 1 heterocycles. The summed E-state index contributed by atoms with van der Waals surface area (Å²) in [5.74, 6) is 0. The summed E-state index contributed by atoms with van der Waals surface area (Å²) in [4.78, 5) is 0.0188. The Bertz CT molecular complexity index is 932. The number of anilines is 1. The van der Waals surface area contributed by atoms with E-state index in [1.54, 1.807) is 6.92 Å². The van der Waals surface area contributed by atoms with Crippen LogP contribution >= 0.6 is 23.2 Å². The maximum absolute atomic E-state index is 12.9. The summed E-state index contributed by atoms with van der Waals surface area (Å²) in [6, 6.07) is 3.28. The highest BCUT2D eigenvalue weighted by atomic mass is 35.5. The molecule has 0 radical (unpaired) electrons. The van der Waals surface area contributed by atoms with E-state index >= 15 is 0 Å². The fraction of sp³-hybridized carbons (Fsp3) is 0.500. The lowest BCUT2D eigenvalue weighted by Crippen LogP contribution is -2.17. The normalized spacial score (nSPS) is 16.0. The summed E-state index contributed by atoms with van der Waals surface area (Å²) < 4.78 is 30.5. The Morgan fingerprint density at radius 1 is 1.08 bits per heavy atom. The van der Waals surface area contributed by atoms with Gasteiger partial charge < -0.3 is 0 Å². The zero-order valence-electron chi connectivity index (χ0n) is 15.1. The van der Waals surface area contributed by atoms with Crippen LogP contribution in [0.2, 0.25) is 10.0 Å². The smallest absolute Gasteiger partial charge is 0.263 e. The Morgan fingerprint density at radius 3 is 2.38 bits per heavy atom. The van der Waals surface area contributed by atoms with Crippen molar-refractivity contribution in [1.29, 1.82) is 0 Å². The van der Waals surface area contributed by atoms with Gasteiger partial charge >= 0.3 is 0 Å². The van der Waals surface area contributed by atoms with Crippen LogP contribution in [-0.4, -0.2) is 18.2 Å². The molecule has 0 atom stereocenters. The van der Waals surface area contributed by atoms with Gasteiger partial charge in [-0.2, -0.15) is 5.10 Å². The van der Waals surface area contributed by atoms with Gasteiger partial charge in [0, 0.05) is 5.02 Å². The van der Waals surface area contributed by atoms with Crippen LogP contribution in [0.1, 0.15) is 55.1 Å². The molecule has 0 unspecified atom stereocenters. The second-order valence-electron chi connectivity index (χ2n) is 6.92. The summed E-state index contributed by atoms with van der Waals surface area (Å²) in [6.45, 7) is 5.47. The van der Waals surface area contributed by atoms with Gasteiger partial charge in [0.05, 0.1) is 28.1 Å². The minimum Gasteiger partial charge on any atom is -0.276 e. The van der Waals surface area contributed by atoms with Gasteiger partial charge in [0.15, 0.2) is 0 Å². The summed E-state index contributed by atoms with van der Waals surface area (Å²) in [5, 5.41) is 5.14. The van der Waals surface area contributed by atoms with Gasteiger partial charge in [0.1, 0.15) is 4.90 Å². The number of nitrogens with zero attached hydrogens (tertiary/aromatic N) is 2. The third kappa shape index (κ3) is 3.73. The lowest BCUT2D eigenvalue weighted by molar-refractivity contribution is 0.324. The van der Waals surface area contributed by atoms with Crippen molar-refractivity contribution < 1.29 is 8.42 Å². The second kappa shape index (κ2) is 7.41. The molecule has 0 bridgehead atoms. The van der Waals surface area contributed by atoms with Crippen molar-refractivity contribution in [3.63, 3.8) is 0 Å². The number of sulfonamides is 1. The zero-order chi connectivity index (χ0) is 19.1. The standard InChI is InChI=1S/C18H23Cl2N3O2S/c1-11-9-17(16(20)10-15(11)19)26(24,25)22-18-12(2)21-23(13(18)3)14-7-5-4-6-8-14/h9-10,14,22H,4-8H2,1-3H3. The molecular weight excluding hydrogens is 393 g/mol. The van der Waals surface area contributed by atoms with Crippen LogP contribution in [0, 0.1) is 20.8 Å². The Balaban J connectivity index is 1.95. The second-order valence-corrected chi connectivity index (χ2v) is 9.38. The van der Waals surface area contributed by atoms with Crippen molar-refractivity contribution in [2.24, 2.45) is 0 Å². The monoisotopic (exact) mass is 415 g/mol. The highest BCUT2D eigenvalue weighted by Crippen LogP contribution is 2.34. The van der Waals surface area contributed by atoms with Gasteiger partial charge in [-0.1, -0.05) is 42.5 Å². The van der Waals surface area contributed by atoms with Crippen molar-refractivity contribution in [2.45, 2.75) is 63.8 Å². The molecule has 8 heteroatoms. The average molecular weight is 416 g/mol. The first-order chi connectivity index (χ1) is 12.2. The summed E-state index contributed by atoms with van der Waals surface area (Å²) in [6.07, 6.45) is 5.78. The number of halogens is 2. The zero-order valence-corrected chi connectivity index (χ0v) is 17.5. The van der Waals surface area contributed by atoms with E-state index in [4.69, 9.17) is 23.2 Å². The molecule has 1 saturated carbocycles. The van der Waals surface area contributed by atoms with E-state index in [0.29, 0.717) is 28.0 Å². The van der Waals surface area contributed by atoms with E-state index in [0.717, 1.165) is 18.5 Å². The maximum atomic E-state index is 12.9. The molecule has 1 N–H and O–H groups in total. The quantitative estimate of drug-likeness (QED) is 0.724. The van der Waals surface area contributed by atoms with E-state index < -0.39 is 10.0 Å². The highest BCUT2D eigenvalue weighted by molar-refractivity contribution is 7.92. The Labute approximate surface area is 164 Å². The van der Waals surface area contributed by atoms with Gasteiger partial charge in [-0.25, -0.2) is 8.42 Å². The summed E-state index contributed by atoms with van der Waals surface area (Å²) in [7, 11) is -3.84. The molecule has 26 heavy (non-hydrogen) atoms. The lowest BCUT2D eigenvalue weighted by atomic mass is 9.95. The highest BCUT2D eigenvalue weighted by Gasteiger charge is 2.25. The van der Waals surface area contributed by atoms with E-state index in [1.165, 1.54) is 31.4 Å². The topological polar surface area (TPSA) is 64.0 Å². The molecule has 3 rings (SSSR count). The molecule has 1 aromatic heterocycles. The van der Waals surface area contributed by atoms with Gasteiger partial charge in [-0.15, -0.1) is 0 Å². The van der Waals surface area contributed by atoms with Gasteiger partial charge in [-0.3, -0.25) is 9.40 Å². The van der Waals surface area contributed by atoms with Crippen molar-refractivity contribution >= 4 is 38.9 Å². The van der Waals surface area contributed by atoms with Crippen LogP contribution in [0.25, 0.3) is 0 Å². The number of aryl methyl sites for hydroxylation is 2. The first kappa shape index (κ1) is 19.5. The van der Waals surface area contributed by atoms with Crippen LogP contribution in [0.15, 0.2) is 17.0 Å². The molecule has 142 valence electrons. The molecule has 0 saturated heterocycles. The van der Waals surface area contributed by atoms with Crippen LogP contribution < -0.4 is 4.72 Å². The fourth-order valence-corrected chi connectivity index (χ4v) is 5.53. The molecule has 0 aliphatic heterocycles. The van der Waals surface area contributed by atoms with E-state index in [-0.39, 0.29) is 9.92 Å². The van der Waals surface area contributed by atoms with Gasteiger partial charge in [0.2, 0.25) is 0 Å². The van der Waals surface area contributed by atoms with Crippen molar-refractivity contribution in [2.75, 3.05) is 4.72 Å². The van der Waals surface area contributed by atoms with Gasteiger partial charge in [0.25, 0.3) is 10.0 Å². The van der Waals surface area contributed by atoms with Gasteiger partial charge in [-0.05, 0) is 51.3 Å². The van der Waals surface area contributed by atoms with Crippen LogP contribution in [0.5, 0.6) is 0 Å². The molecule has 1 aromatic carbocycles. The van der Waals surface area contributed by atoms with Crippen molar-refractivity contribution in [3.05, 3.63) is 39.1 Å². The number of hydrogen-bond donors (Lipinski definition) is 1.